The molecule has 3 N–H and O–H groups in total. The monoisotopic (exact) mass is 250 g/mol. The van der Waals surface area contributed by atoms with Gasteiger partial charge in [-0.2, -0.15) is 0 Å². The lowest BCUT2D eigenvalue weighted by molar-refractivity contribution is -0.117. The maximum Gasteiger partial charge on any atom is 0.337 e. The molecule has 0 aliphatic heterocycles. The molecule has 0 spiro atoms. The van der Waals surface area contributed by atoms with Crippen molar-refractivity contribution in [2.75, 3.05) is 12.4 Å². The van der Waals surface area contributed by atoms with Crippen LogP contribution in [0.3, 0.4) is 0 Å². The summed E-state index contributed by atoms with van der Waals surface area (Å²) in [5.74, 6) is -0.630. The molecule has 5 nitrogen and oxygen atoms in total. The average molecular weight is 250 g/mol. The minimum Gasteiger partial charge on any atom is -0.465 e. The van der Waals surface area contributed by atoms with Crippen LogP contribution in [0.2, 0.25) is 0 Å². The van der Waals surface area contributed by atoms with E-state index in [9.17, 15) is 9.59 Å². The summed E-state index contributed by atoms with van der Waals surface area (Å²) >= 11 is 0. The molecule has 0 heterocycles. The van der Waals surface area contributed by atoms with Gasteiger partial charge >= 0.3 is 5.97 Å². The van der Waals surface area contributed by atoms with Crippen LogP contribution in [0.5, 0.6) is 0 Å². The second-order valence-electron chi connectivity index (χ2n) is 4.79. The number of esters is 1. The molecule has 98 valence electrons. The molecule has 1 amide bonds. The van der Waals surface area contributed by atoms with E-state index >= 15 is 0 Å². The van der Waals surface area contributed by atoms with E-state index in [1.54, 1.807) is 38.1 Å². The maximum absolute atomic E-state index is 11.7. The van der Waals surface area contributed by atoms with Crippen molar-refractivity contribution >= 4 is 17.6 Å². The third-order valence-corrected chi connectivity index (χ3v) is 2.18. The molecular weight excluding hydrogens is 232 g/mol. The van der Waals surface area contributed by atoms with Crippen molar-refractivity contribution in [1.29, 1.82) is 0 Å². The highest BCUT2D eigenvalue weighted by Gasteiger charge is 2.16. The number of carbonyl (C=O) groups excluding carboxylic acids is 2. The Morgan fingerprint density at radius 2 is 2.06 bits per heavy atom. The largest absolute Gasteiger partial charge is 0.465 e. The van der Waals surface area contributed by atoms with Crippen molar-refractivity contribution in [3.05, 3.63) is 29.8 Å². The summed E-state index contributed by atoms with van der Waals surface area (Å²) in [6.07, 6.45) is 0.204. The predicted octanol–water partition coefficient (Wildman–Crippen LogP) is 1.54. The normalized spacial score (nSPS) is 10.9. The zero-order valence-corrected chi connectivity index (χ0v) is 10.8. The number of methoxy groups -OCH3 is 1. The van der Waals surface area contributed by atoms with E-state index in [2.05, 4.69) is 10.1 Å². The van der Waals surface area contributed by atoms with Crippen LogP contribution in [0.25, 0.3) is 0 Å². The lowest BCUT2D eigenvalue weighted by Gasteiger charge is -2.17. The van der Waals surface area contributed by atoms with Gasteiger partial charge in [-0.05, 0) is 32.0 Å². The van der Waals surface area contributed by atoms with Crippen molar-refractivity contribution in [3.8, 4) is 0 Å². The summed E-state index contributed by atoms with van der Waals surface area (Å²) in [6, 6.07) is 6.56. The zero-order chi connectivity index (χ0) is 13.8. The minimum absolute atomic E-state index is 0.190. The molecule has 0 atom stereocenters. The highest BCUT2D eigenvalue weighted by molar-refractivity contribution is 5.94. The Labute approximate surface area is 106 Å². The number of hydrogen-bond donors (Lipinski definition) is 2. The van der Waals surface area contributed by atoms with Gasteiger partial charge in [-0.1, -0.05) is 6.07 Å². The van der Waals surface area contributed by atoms with Crippen molar-refractivity contribution in [3.63, 3.8) is 0 Å². The first kappa shape index (κ1) is 14.2. The summed E-state index contributed by atoms with van der Waals surface area (Å²) in [7, 11) is 1.31. The molecule has 18 heavy (non-hydrogen) atoms. The number of anilines is 1. The lowest BCUT2D eigenvalue weighted by Crippen LogP contribution is -2.36. The minimum atomic E-state index is -0.565. The molecule has 1 aromatic carbocycles. The number of nitrogens with two attached hydrogens (primary N) is 1. The SMILES string of the molecule is COC(=O)c1cccc(NC(=O)CC(C)(C)N)c1. The van der Waals surface area contributed by atoms with E-state index in [1.807, 2.05) is 0 Å². The third kappa shape index (κ3) is 4.55. The number of nitrogens with one attached hydrogen (secondary N) is 1. The van der Waals surface area contributed by atoms with E-state index in [1.165, 1.54) is 7.11 Å². The van der Waals surface area contributed by atoms with Crippen molar-refractivity contribution in [2.24, 2.45) is 5.73 Å². The lowest BCUT2D eigenvalue weighted by atomic mass is 10.0. The molecule has 0 radical (unpaired) electrons. The quantitative estimate of drug-likeness (QED) is 0.794. The topological polar surface area (TPSA) is 81.4 Å². The number of rotatable bonds is 4. The Kier molecular flexibility index (Phi) is 4.44. The average Bonchev–Trinajstić information content (AvgIpc) is 2.25. The van der Waals surface area contributed by atoms with Gasteiger partial charge in [0, 0.05) is 17.6 Å². The molecule has 0 fully saturated rings. The fourth-order valence-electron chi connectivity index (χ4n) is 1.46. The van der Waals surface area contributed by atoms with Gasteiger partial charge in [-0.15, -0.1) is 0 Å². The zero-order valence-electron chi connectivity index (χ0n) is 10.8. The van der Waals surface area contributed by atoms with Crippen LogP contribution >= 0.6 is 0 Å². The third-order valence-electron chi connectivity index (χ3n) is 2.18. The standard InChI is InChI=1S/C13H18N2O3/c1-13(2,14)8-11(16)15-10-6-4-5-9(7-10)12(17)18-3/h4-7H,8,14H2,1-3H3,(H,15,16). The smallest absolute Gasteiger partial charge is 0.337 e. The first-order chi connectivity index (χ1) is 8.31. The van der Waals surface area contributed by atoms with Crippen molar-refractivity contribution in [2.45, 2.75) is 25.8 Å². The molecule has 0 aliphatic carbocycles. The van der Waals surface area contributed by atoms with Crippen LogP contribution in [0.1, 0.15) is 30.6 Å². The molecule has 0 saturated heterocycles. The van der Waals surface area contributed by atoms with E-state index in [0.29, 0.717) is 11.3 Å². The van der Waals surface area contributed by atoms with Gasteiger partial charge in [-0.3, -0.25) is 4.79 Å². The fourth-order valence-corrected chi connectivity index (χ4v) is 1.46. The Bertz CT molecular complexity index is 450. The summed E-state index contributed by atoms with van der Waals surface area (Å²) in [6.45, 7) is 3.55. The molecule has 0 bridgehead atoms. The summed E-state index contributed by atoms with van der Waals surface area (Å²) in [5.41, 5.74) is 6.13. The molecule has 0 saturated carbocycles. The second kappa shape index (κ2) is 5.64. The molecular formula is C13H18N2O3. The van der Waals surface area contributed by atoms with Gasteiger partial charge in [0.05, 0.1) is 12.7 Å². The van der Waals surface area contributed by atoms with Crippen LogP contribution in [0.15, 0.2) is 24.3 Å². The van der Waals surface area contributed by atoms with E-state index in [0.717, 1.165) is 0 Å². The van der Waals surface area contributed by atoms with Crippen LogP contribution in [-0.2, 0) is 9.53 Å². The van der Waals surface area contributed by atoms with Crippen LogP contribution in [-0.4, -0.2) is 24.5 Å². The Morgan fingerprint density at radius 1 is 1.39 bits per heavy atom. The van der Waals surface area contributed by atoms with Gasteiger partial charge in [-0.25, -0.2) is 4.79 Å². The number of benzene rings is 1. The summed E-state index contributed by atoms with van der Waals surface area (Å²) in [5, 5.41) is 2.69. The molecule has 0 aromatic heterocycles. The fraction of sp³-hybridized carbons (Fsp3) is 0.385. The second-order valence-corrected chi connectivity index (χ2v) is 4.79. The van der Waals surface area contributed by atoms with Crippen molar-refractivity contribution in [1.82, 2.24) is 0 Å². The van der Waals surface area contributed by atoms with Gasteiger partial charge in [0.2, 0.25) is 5.91 Å². The maximum atomic E-state index is 11.7. The van der Waals surface area contributed by atoms with Crippen LogP contribution < -0.4 is 11.1 Å². The van der Waals surface area contributed by atoms with E-state index in [4.69, 9.17) is 5.73 Å². The number of carbonyl (C=O) groups is 2. The molecule has 1 rings (SSSR count). The molecule has 1 aromatic rings. The highest BCUT2D eigenvalue weighted by Crippen LogP contribution is 2.13. The van der Waals surface area contributed by atoms with Crippen LogP contribution in [0.4, 0.5) is 5.69 Å². The Hall–Kier alpha value is -1.88. The number of ether oxygens (including phenoxy) is 1. The predicted molar refractivity (Wildman–Crippen MR) is 69.3 cm³/mol. The number of hydrogen-bond acceptors (Lipinski definition) is 4. The first-order valence-electron chi connectivity index (χ1n) is 5.59. The number of amides is 1. The van der Waals surface area contributed by atoms with Gasteiger partial charge in [0.1, 0.15) is 0 Å². The highest BCUT2D eigenvalue weighted by atomic mass is 16.5. The molecule has 0 unspecified atom stereocenters. The summed E-state index contributed by atoms with van der Waals surface area (Å²) < 4.78 is 4.61. The van der Waals surface area contributed by atoms with Gasteiger partial charge in [0.25, 0.3) is 0 Å². The first-order valence-corrected chi connectivity index (χ1v) is 5.59. The van der Waals surface area contributed by atoms with E-state index in [-0.39, 0.29) is 12.3 Å². The van der Waals surface area contributed by atoms with E-state index < -0.39 is 11.5 Å². The Morgan fingerprint density at radius 3 is 2.61 bits per heavy atom. The van der Waals surface area contributed by atoms with Crippen LogP contribution in [0, 0.1) is 0 Å². The molecule has 5 heteroatoms. The van der Waals surface area contributed by atoms with Crippen molar-refractivity contribution < 1.29 is 14.3 Å². The van der Waals surface area contributed by atoms with Gasteiger partial charge in [0.15, 0.2) is 0 Å². The summed E-state index contributed by atoms with van der Waals surface area (Å²) in [4.78, 5) is 23.0. The Balaban J connectivity index is 2.74. The molecule has 0 aliphatic rings. The van der Waals surface area contributed by atoms with Gasteiger partial charge < -0.3 is 15.8 Å².